The lowest BCUT2D eigenvalue weighted by atomic mass is 10.1. The maximum Gasteiger partial charge on any atom is 0.269 e. The average Bonchev–Trinajstić information content (AvgIpc) is 3.59. The Hall–Kier alpha value is -3.49. The zero-order valence-corrected chi connectivity index (χ0v) is 17.6. The number of nitrogens with zero attached hydrogens (tertiary/aromatic N) is 6. The molecule has 0 unspecified atom stereocenters. The van der Waals surface area contributed by atoms with Crippen LogP contribution in [0.25, 0.3) is 11.0 Å². The van der Waals surface area contributed by atoms with Gasteiger partial charge < -0.3 is 9.80 Å². The number of hydrogen-bond donors (Lipinski definition) is 0. The molecule has 1 amide bonds. The molecule has 1 aliphatic carbocycles. The van der Waals surface area contributed by atoms with Crippen LogP contribution in [0, 0.1) is 17.0 Å². The van der Waals surface area contributed by atoms with Crippen molar-refractivity contribution in [2.45, 2.75) is 25.7 Å². The number of anilines is 1. The summed E-state index contributed by atoms with van der Waals surface area (Å²) in [5.74, 6) is 0.471. The highest BCUT2D eigenvalue weighted by Gasteiger charge is 2.30. The third-order valence-electron chi connectivity index (χ3n) is 6.21. The van der Waals surface area contributed by atoms with Gasteiger partial charge in [-0.1, -0.05) is 0 Å². The Morgan fingerprint density at radius 2 is 1.81 bits per heavy atom. The number of fused-ring (bicyclic) bond motifs is 1. The highest BCUT2D eigenvalue weighted by atomic mass is 16.6. The average molecular weight is 420 g/mol. The van der Waals surface area contributed by atoms with Crippen LogP contribution in [0.1, 0.15) is 40.5 Å². The molecule has 160 valence electrons. The number of pyridine rings is 1. The number of non-ortho nitro benzene ring substituents is 1. The zero-order chi connectivity index (χ0) is 21.7. The van der Waals surface area contributed by atoms with Crippen molar-refractivity contribution in [1.82, 2.24) is 19.7 Å². The number of nitro groups is 1. The summed E-state index contributed by atoms with van der Waals surface area (Å²) in [6.45, 7) is 4.47. The van der Waals surface area contributed by atoms with E-state index in [1.807, 2.05) is 24.9 Å². The topological polar surface area (TPSA) is 97.4 Å². The zero-order valence-electron chi connectivity index (χ0n) is 17.6. The second-order valence-electron chi connectivity index (χ2n) is 8.33. The van der Waals surface area contributed by atoms with Gasteiger partial charge in [-0.3, -0.25) is 19.6 Å². The van der Waals surface area contributed by atoms with Crippen LogP contribution in [-0.4, -0.2) is 56.7 Å². The number of aryl methyl sites for hydroxylation is 2. The molecule has 3 aromatic rings. The Kier molecular flexibility index (Phi) is 4.60. The molecule has 1 saturated carbocycles. The van der Waals surface area contributed by atoms with Crippen molar-refractivity contribution in [3.63, 3.8) is 0 Å². The van der Waals surface area contributed by atoms with E-state index in [9.17, 15) is 14.9 Å². The Labute approximate surface area is 179 Å². The van der Waals surface area contributed by atoms with Crippen molar-refractivity contribution in [2.75, 3.05) is 31.1 Å². The predicted octanol–water partition coefficient (Wildman–Crippen LogP) is 3.02. The van der Waals surface area contributed by atoms with E-state index < -0.39 is 4.92 Å². The fourth-order valence-electron chi connectivity index (χ4n) is 4.34. The first kappa shape index (κ1) is 19.5. The minimum atomic E-state index is -0.397. The van der Waals surface area contributed by atoms with Crippen LogP contribution in [-0.2, 0) is 7.05 Å². The quantitative estimate of drug-likeness (QED) is 0.475. The number of benzene rings is 1. The van der Waals surface area contributed by atoms with Crippen molar-refractivity contribution < 1.29 is 9.72 Å². The smallest absolute Gasteiger partial charge is 0.269 e. The van der Waals surface area contributed by atoms with Gasteiger partial charge in [-0.2, -0.15) is 5.10 Å². The van der Waals surface area contributed by atoms with Crippen LogP contribution in [0.5, 0.6) is 0 Å². The van der Waals surface area contributed by atoms with Gasteiger partial charge in [0.15, 0.2) is 5.65 Å². The lowest BCUT2D eigenvalue weighted by molar-refractivity contribution is -0.384. The predicted molar refractivity (Wildman–Crippen MR) is 116 cm³/mol. The van der Waals surface area contributed by atoms with E-state index in [0.717, 1.165) is 41.0 Å². The van der Waals surface area contributed by atoms with Gasteiger partial charge in [0.05, 0.1) is 21.6 Å². The van der Waals surface area contributed by atoms with Gasteiger partial charge in [-0.05, 0) is 38.0 Å². The number of nitro benzene ring substituents is 1. The lowest BCUT2D eigenvalue weighted by Crippen LogP contribution is -2.48. The van der Waals surface area contributed by atoms with E-state index in [2.05, 4.69) is 10.00 Å². The Balaban J connectivity index is 1.37. The highest BCUT2D eigenvalue weighted by molar-refractivity contribution is 6.06. The fourth-order valence-corrected chi connectivity index (χ4v) is 4.34. The first-order valence-corrected chi connectivity index (χ1v) is 10.6. The molecule has 1 aromatic carbocycles. The lowest BCUT2D eigenvalue weighted by Gasteiger charge is -2.36. The van der Waals surface area contributed by atoms with Gasteiger partial charge in [0.25, 0.3) is 11.6 Å². The Bertz CT molecular complexity index is 1170. The molecule has 3 heterocycles. The molecule has 0 atom stereocenters. The largest absolute Gasteiger partial charge is 0.368 e. The summed E-state index contributed by atoms with van der Waals surface area (Å²) >= 11 is 0. The molecule has 2 fully saturated rings. The SMILES string of the molecule is Cc1nn(C)c2nc(C3CC3)cc(C(=O)N3CCN(c4ccc([N+](=O)[O-])cc4)CC3)c12. The molecule has 9 heteroatoms. The molecule has 0 N–H and O–H groups in total. The van der Waals surface area contributed by atoms with Crippen molar-refractivity contribution in [2.24, 2.45) is 7.05 Å². The summed E-state index contributed by atoms with van der Waals surface area (Å²) in [5.41, 5.74) is 4.29. The summed E-state index contributed by atoms with van der Waals surface area (Å²) in [6.07, 6.45) is 2.24. The molecule has 9 nitrogen and oxygen atoms in total. The summed E-state index contributed by atoms with van der Waals surface area (Å²) in [7, 11) is 1.87. The number of amides is 1. The summed E-state index contributed by atoms with van der Waals surface area (Å²) in [6, 6.07) is 8.54. The maximum atomic E-state index is 13.5. The second kappa shape index (κ2) is 7.33. The molecule has 5 rings (SSSR count). The van der Waals surface area contributed by atoms with Crippen molar-refractivity contribution >= 4 is 28.3 Å². The molecular weight excluding hydrogens is 396 g/mol. The van der Waals surface area contributed by atoms with E-state index in [0.29, 0.717) is 37.7 Å². The van der Waals surface area contributed by atoms with Gasteiger partial charge in [0.2, 0.25) is 0 Å². The highest BCUT2D eigenvalue weighted by Crippen LogP contribution is 2.40. The van der Waals surface area contributed by atoms with Crippen molar-refractivity contribution in [1.29, 1.82) is 0 Å². The number of piperazine rings is 1. The van der Waals surface area contributed by atoms with Gasteiger partial charge in [-0.25, -0.2) is 4.98 Å². The number of hydrogen-bond acceptors (Lipinski definition) is 6. The third kappa shape index (κ3) is 3.49. The van der Waals surface area contributed by atoms with E-state index in [-0.39, 0.29) is 11.6 Å². The number of carbonyl (C=O) groups is 1. The van der Waals surface area contributed by atoms with Gasteiger partial charge in [0, 0.05) is 62.7 Å². The van der Waals surface area contributed by atoms with Crippen LogP contribution in [0.4, 0.5) is 11.4 Å². The second-order valence-corrected chi connectivity index (χ2v) is 8.33. The van der Waals surface area contributed by atoms with E-state index in [1.165, 1.54) is 12.1 Å². The molecule has 0 bridgehead atoms. The summed E-state index contributed by atoms with van der Waals surface area (Å²) in [5, 5.41) is 16.2. The molecule has 2 aromatic heterocycles. The van der Waals surface area contributed by atoms with E-state index in [4.69, 9.17) is 4.98 Å². The normalized spacial score (nSPS) is 16.7. The van der Waals surface area contributed by atoms with Crippen LogP contribution in [0.3, 0.4) is 0 Å². The number of aromatic nitrogens is 3. The monoisotopic (exact) mass is 420 g/mol. The molecule has 0 radical (unpaired) electrons. The van der Waals surface area contributed by atoms with E-state index >= 15 is 0 Å². The van der Waals surface area contributed by atoms with Crippen LogP contribution in [0.15, 0.2) is 30.3 Å². The summed E-state index contributed by atoms with van der Waals surface area (Å²) in [4.78, 5) is 32.8. The molecule has 1 saturated heterocycles. The molecule has 2 aliphatic rings. The van der Waals surface area contributed by atoms with E-state index in [1.54, 1.807) is 16.8 Å². The van der Waals surface area contributed by atoms with Gasteiger partial charge in [0.1, 0.15) is 0 Å². The first-order valence-electron chi connectivity index (χ1n) is 10.6. The molecule has 0 spiro atoms. The van der Waals surface area contributed by atoms with Gasteiger partial charge >= 0.3 is 0 Å². The standard InChI is InChI=1S/C22H24N6O3/c1-14-20-18(13-19(15-3-4-15)23-21(20)25(2)24-14)22(29)27-11-9-26(10-12-27)16-5-7-17(8-6-16)28(30)31/h5-8,13,15H,3-4,9-12H2,1-2H3. The number of carbonyl (C=O) groups excluding carboxylic acids is 1. The van der Waals surface area contributed by atoms with Crippen molar-refractivity contribution in [3.8, 4) is 0 Å². The van der Waals surface area contributed by atoms with Crippen molar-refractivity contribution in [3.05, 3.63) is 57.4 Å². The maximum absolute atomic E-state index is 13.5. The molecule has 31 heavy (non-hydrogen) atoms. The Morgan fingerprint density at radius 1 is 1.13 bits per heavy atom. The Morgan fingerprint density at radius 3 is 2.42 bits per heavy atom. The third-order valence-corrected chi connectivity index (χ3v) is 6.21. The molecule has 1 aliphatic heterocycles. The minimum absolute atomic E-state index is 0.0220. The van der Waals surface area contributed by atoms with Crippen LogP contribution < -0.4 is 4.90 Å². The minimum Gasteiger partial charge on any atom is -0.368 e. The fraction of sp³-hybridized carbons (Fsp3) is 0.409. The summed E-state index contributed by atoms with van der Waals surface area (Å²) < 4.78 is 1.76. The number of rotatable bonds is 4. The van der Waals surface area contributed by atoms with Crippen LogP contribution in [0.2, 0.25) is 0 Å². The van der Waals surface area contributed by atoms with Gasteiger partial charge in [-0.15, -0.1) is 0 Å². The first-order chi connectivity index (χ1) is 14.9. The van der Waals surface area contributed by atoms with Crippen LogP contribution >= 0.6 is 0 Å². The molecular formula is C22H24N6O3.